The van der Waals surface area contributed by atoms with Crippen molar-refractivity contribution < 1.29 is 4.79 Å². The van der Waals surface area contributed by atoms with Gasteiger partial charge in [-0.25, -0.2) is 5.01 Å². The van der Waals surface area contributed by atoms with E-state index in [1.165, 1.54) is 12.8 Å². The van der Waals surface area contributed by atoms with Crippen molar-refractivity contribution >= 4 is 5.91 Å². The first-order valence-electron chi connectivity index (χ1n) is 4.99. The minimum Gasteiger partial charge on any atom is -0.288 e. The standard InChI is InChI=1S/C10H20N2O/c1-8-6-5-7-12(8)11-9(13)10(2,3)4/h8H,5-7H2,1-4H3,(H,11,13)/t8-/m1/s1. The number of carbonyl (C=O) groups is 1. The molecule has 0 saturated carbocycles. The van der Waals surface area contributed by atoms with Crippen LogP contribution in [0.3, 0.4) is 0 Å². The van der Waals surface area contributed by atoms with Gasteiger partial charge in [0.05, 0.1) is 0 Å². The zero-order chi connectivity index (χ0) is 10.1. The van der Waals surface area contributed by atoms with Crippen LogP contribution in [0.4, 0.5) is 0 Å². The fraction of sp³-hybridized carbons (Fsp3) is 0.900. The molecule has 0 aliphatic carbocycles. The van der Waals surface area contributed by atoms with Gasteiger partial charge in [0.2, 0.25) is 5.91 Å². The van der Waals surface area contributed by atoms with Crippen molar-refractivity contribution in [3.63, 3.8) is 0 Å². The average Bonchev–Trinajstić information content (AvgIpc) is 2.34. The third kappa shape index (κ3) is 2.69. The highest BCUT2D eigenvalue weighted by Gasteiger charge is 2.27. The second-order valence-electron chi connectivity index (χ2n) is 4.88. The van der Waals surface area contributed by atoms with Crippen molar-refractivity contribution in [3.05, 3.63) is 0 Å². The van der Waals surface area contributed by atoms with Gasteiger partial charge in [0.1, 0.15) is 0 Å². The molecule has 1 atom stereocenters. The van der Waals surface area contributed by atoms with Gasteiger partial charge in [-0.15, -0.1) is 0 Å². The monoisotopic (exact) mass is 184 g/mol. The van der Waals surface area contributed by atoms with E-state index >= 15 is 0 Å². The maximum Gasteiger partial charge on any atom is 0.239 e. The van der Waals surface area contributed by atoms with Gasteiger partial charge in [-0.05, 0) is 19.8 Å². The molecule has 1 saturated heterocycles. The number of nitrogens with one attached hydrogen (secondary N) is 1. The van der Waals surface area contributed by atoms with E-state index < -0.39 is 0 Å². The van der Waals surface area contributed by atoms with Gasteiger partial charge in [-0.1, -0.05) is 20.8 Å². The zero-order valence-corrected chi connectivity index (χ0v) is 9.05. The van der Waals surface area contributed by atoms with Gasteiger partial charge in [-0.3, -0.25) is 10.2 Å². The Morgan fingerprint density at radius 3 is 2.46 bits per heavy atom. The molecule has 3 heteroatoms. The van der Waals surface area contributed by atoms with E-state index in [2.05, 4.69) is 12.3 Å². The van der Waals surface area contributed by atoms with E-state index in [4.69, 9.17) is 0 Å². The summed E-state index contributed by atoms with van der Waals surface area (Å²) in [4.78, 5) is 11.6. The topological polar surface area (TPSA) is 32.3 Å². The van der Waals surface area contributed by atoms with Crippen LogP contribution in [0.5, 0.6) is 0 Å². The Morgan fingerprint density at radius 2 is 2.08 bits per heavy atom. The lowest BCUT2D eigenvalue weighted by atomic mass is 9.96. The Hall–Kier alpha value is -0.570. The molecular weight excluding hydrogens is 164 g/mol. The minimum absolute atomic E-state index is 0.112. The number of hydrogen-bond donors (Lipinski definition) is 1. The molecular formula is C10H20N2O. The SMILES string of the molecule is C[C@@H]1CCCN1NC(=O)C(C)(C)C. The molecule has 1 N–H and O–H groups in total. The van der Waals surface area contributed by atoms with Crippen LogP contribution in [0.2, 0.25) is 0 Å². The van der Waals surface area contributed by atoms with Gasteiger partial charge in [0.25, 0.3) is 0 Å². The normalized spacial score (nSPS) is 24.8. The first kappa shape index (κ1) is 10.5. The highest BCUT2D eigenvalue weighted by molar-refractivity contribution is 5.80. The molecule has 3 nitrogen and oxygen atoms in total. The number of hydrogen-bond acceptors (Lipinski definition) is 2. The second-order valence-corrected chi connectivity index (χ2v) is 4.88. The van der Waals surface area contributed by atoms with Crippen molar-refractivity contribution in [3.8, 4) is 0 Å². The highest BCUT2D eigenvalue weighted by atomic mass is 16.2. The maximum absolute atomic E-state index is 11.6. The van der Waals surface area contributed by atoms with Crippen LogP contribution in [0.1, 0.15) is 40.5 Å². The van der Waals surface area contributed by atoms with Crippen molar-refractivity contribution in [1.29, 1.82) is 0 Å². The summed E-state index contributed by atoms with van der Waals surface area (Å²) in [6.45, 7) is 8.94. The van der Waals surface area contributed by atoms with E-state index in [1.54, 1.807) is 0 Å². The summed E-state index contributed by atoms with van der Waals surface area (Å²) in [5.41, 5.74) is 2.67. The fourth-order valence-electron chi connectivity index (χ4n) is 1.40. The Balaban J connectivity index is 2.45. The smallest absolute Gasteiger partial charge is 0.239 e. The average molecular weight is 184 g/mol. The van der Waals surface area contributed by atoms with Crippen LogP contribution in [-0.4, -0.2) is 23.5 Å². The lowest BCUT2D eigenvalue weighted by molar-refractivity contribution is -0.133. The van der Waals surface area contributed by atoms with Gasteiger partial charge < -0.3 is 0 Å². The Morgan fingerprint density at radius 1 is 1.46 bits per heavy atom. The molecule has 0 spiro atoms. The minimum atomic E-state index is -0.289. The first-order chi connectivity index (χ1) is 5.91. The van der Waals surface area contributed by atoms with Crippen LogP contribution < -0.4 is 5.43 Å². The molecule has 1 rings (SSSR count). The first-order valence-corrected chi connectivity index (χ1v) is 4.99. The Kier molecular flexibility index (Phi) is 2.96. The van der Waals surface area contributed by atoms with Crippen molar-refractivity contribution in [2.24, 2.45) is 5.41 Å². The molecule has 1 amide bonds. The summed E-state index contributed by atoms with van der Waals surface area (Å²) in [6, 6.07) is 0.492. The second kappa shape index (κ2) is 3.66. The van der Waals surface area contributed by atoms with Gasteiger partial charge in [-0.2, -0.15) is 0 Å². The molecule has 0 bridgehead atoms. The third-order valence-corrected chi connectivity index (χ3v) is 2.48. The largest absolute Gasteiger partial charge is 0.288 e. The maximum atomic E-state index is 11.6. The fourth-order valence-corrected chi connectivity index (χ4v) is 1.40. The molecule has 0 aromatic rings. The van der Waals surface area contributed by atoms with Crippen LogP contribution in [0.25, 0.3) is 0 Å². The van der Waals surface area contributed by atoms with Crippen molar-refractivity contribution in [2.45, 2.75) is 46.6 Å². The molecule has 0 aromatic carbocycles. The number of nitrogens with zero attached hydrogens (tertiary/aromatic N) is 1. The van der Waals surface area contributed by atoms with Gasteiger partial charge in [0, 0.05) is 18.0 Å². The van der Waals surface area contributed by atoms with E-state index in [1.807, 2.05) is 25.8 Å². The summed E-state index contributed by atoms with van der Waals surface area (Å²) in [5.74, 6) is 0.112. The molecule has 76 valence electrons. The van der Waals surface area contributed by atoms with Crippen molar-refractivity contribution in [1.82, 2.24) is 10.4 Å². The number of amides is 1. The van der Waals surface area contributed by atoms with E-state index in [0.29, 0.717) is 6.04 Å². The van der Waals surface area contributed by atoms with E-state index in [0.717, 1.165) is 6.54 Å². The number of rotatable bonds is 1. The summed E-state index contributed by atoms with van der Waals surface area (Å²) in [6.07, 6.45) is 2.37. The number of hydrazine groups is 1. The third-order valence-electron chi connectivity index (χ3n) is 2.48. The summed E-state index contributed by atoms with van der Waals surface area (Å²) in [5, 5.41) is 2.05. The molecule has 0 radical (unpaired) electrons. The Bertz CT molecular complexity index is 196. The van der Waals surface area contributed by atoms with Gasteiger partial charge >= 0.3 is 0 Å². The van der Waals surface area contributed by atoms with Crippen LogP contribution >= 0.6 is 0 Å². The lowest BCUT2D eigenvalue weighted by Gasteiger charge is -2.26. The van der Waals surface area contributed by atoms with Crippen molar-refractivity contribution in [2.75, 3.05) is 6.54 Å². The predicted octanol–water partition coefficient (Wildman–Crippen LogP) is 1.55. The quantitative estimate of drug-likeness (QED) is 0.670. The zero-order valence-electron chi connectivity index (χ0n) is 9.05. The summed E-state index contributed by atoms with van der Waals surface area (Å²) in [7, 11) is 0. The molecule has 0 aromatic heterocycles. The molecule has 13 heavy (non-hydrogen) atoms. The van der Waals surface area contributed by atoms with E-state index in [-0.39, 0.29) is 11.3 Å². The van der Waals surface area contributed by atoms with E-state index in [9.17, 15) is 4.79 Å². The van der Waals surface area contributed by atoms with Crippen LogP contribution in [0.15, 0.2) is 0 Å². The van der Waals surface area contributed by atoms with Gasteiger partial charge in [0.15, 0.2) is 0 Å². The lowest BCUT2D eigenvalue weighted by Crippen LogP contribution is -2.48. The van der Waals surface area contributed by atoms with Crippen LogP contribution in [-0.2, 0) is 4.79 Å². The highest BCUT2D eigenvalue weighted by Crippen LogP contribution is 2.17. The predicted molar refractivity (Wildman–Crippen MR) is 53.0 cm³/mol. The Labute approximate surface area is 80.5 Å². The summed E-state index contributed by atoms with van der Waals surface area (Å²) < 4.78 is 0. The molecule has 1 aliphatic heterocycles. The molecule has 0 unspecified atom stereocenters. The molecule has 1 fully saturated rings. The number of carbonyl (C=O) groups excluding carboxylic acids is 1. The molecule has 1 heterocycles. The van der Waals surface area contributed by atoms with Crippen LogP contribution in [0, 0.1) is 5.41 Å². The summed E-state index contributed by atoms with van der Waals surface area (Å²) >= 11 is 0. The molecule has 1 aliphatic rings.